The van der Waals surface area contributed by atoms with Gasteiger partial charge in [-0.25, -0.2) is 0 Å². The minimum absolute atomic E-state index is 0.0499. The second-order valence-electron chi connectivity index (χ2n) is 8.01. The topological polar surface area (TPSA) is 43.9 Å². The van der Waals surface area contributed by atoms with Gasteiger partial charge in [-0.1, -0.05) is 12.1 Å². The molecular weight excluding hydrogens is 383 g/mol. The fraction of sp³-hybridized carbons (Fsp3) is 0.619. The predicted octanol–water partition coefficient (Wildman–Crippen LogP) is 2.76. The highest BCUT2D eigenvalue weighted by molar-refractivity contribution is 5.98. The van der Waals surface area contributed by atoms with Gasteiger partial charge in [0.1, 0.15) is 0 Å². The fourth-order valence-electron chi connectivity index (χ4n) is 3.96. The summed E-state index contributed by atoms with van der Waals surface area (Å²) in [5.41, 5.74) is -0.492. The average molecular weight is 411 g/mol. The average Bonchev–Trinajstić information content (AvgIpc) is 2.72. The smallest absolute Gasteiger partial charge is 0.342 e. The number of ketones is 1. The molecule has 2 aliphatic rings. The first-order valence-corrected chi connectivity index (χ1v) is 10.1. The molecule has 2 aliphatic heterocycles. The molecule has 0 N–H and O–H groups in total. The predicted molar refractivity (Wildman–Crippen MR) is 104 cm³/mol. The zero-order chi connectivity index (χ0) is 21.0. The molecule has 29 heavy (non-hydrogen) atoms. The van der Waals surface area contributed by atoms with E-state index >= 15 is 0 Å². The monoisotopic (exact) mass is 411 g/mol. The highest BCUT2D eigenvalue weighted by Gasteiger charge is 2.32. The summed E-state index contributed by atoms with van der Waals surface area (Å²) in [6, 6.07) is 4.35. The summed E-state index contributed by atoms with van der Waals surface area (Å²) >= 11 is 0. The van der Waals surface area contributed by atoms with Crippen LogP contribution in [0.4, 0.5) is 13.2 Å². The highest BCUT2D eigenvalue weighted by Crippen LogP contribution is 2.30. The molecule has 2 heterocycles. The first kappa shape index (κ1) is 21.8. The first-order chi connectivity index (χ1) is 13.7. The summed E-state index contributed by atoms with van der Waals surface area (Å²) in [6.45, 7) is 5.63. The summed E-state index contributed by atoms with van der Waals surface area (Å²) in [4.78, 5) is 31.6. The molecular formula is C21H28F3N3O2. The first-order valence-electron chi connectivity index (χ1n) is 10.1. The van der Waals surface area contributed by atoms with Crippen molar-refractivity contribution in [1.29, 1.82) is 0 Å². The van der Waals surface area contributed by atoms with E-state index in [1.165, 1.54) is 12.1 Å². The molecule has 1 atom stereocenters. The van der Waals surface area contributed by atoms with Crippen molar-refractivity contribution >= 4 is 11.7 Å². The van der Waals surface area contributed by atoms with Gasteiger partial charge in [-0.2, -0.15) is 13.2 Å². The van der Waals surface area contributed by atoms with Crippen molar-refractivity contribution in [2.45, 2.75) is 25.4 Å². The Morgan fingerprint density at radius 3 is 2.31 bits per heavy atom. The number of likely N-dealkylation sites (N-methyl/N-ethyl adjacent to an activating group) is 1. The van der Waals surface area contributed by atoms with Crippen molar-refractivity contribution in [3.8, 4) is 0 Å². The lowest BCUT2D eigenvalue weighted by atomic mass is 9.89. The minimum atomic E-state index is -4.42. The molecule has 2 saturated heterocycles. The number of piperidine rings is 1. The molecule has 160 valence electrons. The minimum Gasteiger partial charge on any atom is -0.342 e. The summed E-state index contributed by atoms with van der Waals surface area (Å²) < 4.78 is 38.1. The van der Waals surface area contributed by atoms with Crippen LogP contribution in [-0.2, 0) is 11.0 Å². The number of carbonyl (C=O) groups excluding carboxylic acids is 2. The third kappa shape index (κ3) is 5.79. The molecule has 0 aromatic heterocycles. The molecule has 1 aromatic rings. The molecule has 0 aliphatic carbocycles. The van der Waals surface area contributed by atoms with Crippen molar-refractivity contribution < 1.29 is 22.8 Å². The van der Waals surface area contributed by atoms with Crippen molar-refractivity contribution in [2.24, 2.45) is 5.92 Å². The molecule has 0 spiro atoms. The van der Waals surface area contributed by atoms with Gasteiger partial charge in [0, 0.05) is 63.7 Å². The Morgan fingerprint density at radius 2 is 1.69 bits per heavy atom. The van der Waals surface area contributed by atoms with Crippen molar-refractivity contribution in [2.75, 3.05) is 52.9 Å². The van der Waals surface area contributed by atoms with Gasteiger partial charge in [-0.15, -0.1) is 0 Å². The van der Waals surface area contributed by atoms with E-state index in [0.29, 0.717) is 25.9 Å². The lowest BCUT2D eigenvalue weighted by molar-refractivity contribution is -0.137. The van der Waals surface area contributed by atoms with Crippen LogP contribution in [0.2, 0.25) is 0 Å². The fourth-order valence-corrected chi connectivity index (χ4v) is 3.96. The number of halogens is 3. The molecule has 3 rings (SSSR count). The lowest BCUT2D eigenvalue weighted by Crippen LogP contribution is -2.47. The molecule has 8 heteroatoms. The van der Waals surface area contributed by atoms with Crippen LogP contribution in [-0.4, -0.2) is 79.3 Å². The molecule has 0 bridgehead atoms. The zero-order valence-electron chi connectivity index (χ0n) is 16.7. The molecule has 1 aromatic carbocycles. The third-order valence-corrected chi connectivity index (χ3v) is 5.88. The molecule has 5 nitrogen and oxygen atoms in total. The largest absolute Gasteiger partial charge is 0.416 e. The van der Waals surface area contributed by atoms with E-state index in [2.05, 4.69) is 16.8 Å². The van der Waals surface area contributed by atoms with E-state index in [1.54, 1.807) is 4.90 Å². The van der Waals surface area contributed by atoms with Gasteiger partial charge in [-0.05, 0) is 32.0 Å². The van der Waals surface area contributed by atoms with Gasteiger partial charge in [0.05, 0.1) is 5.56 Å². The number of carbonyl (C=O) groups is 2. The summed E-state index contributed by atoms with van der Waals surface area (Å²) in [5, 5.41) is 0. The standard InChI is InChI=1S/C21H28F3N3O2/c1-25-11-13-26(14-12-25)10-8-19(28)27-9-2-3-17(15-27)20(29)16-4-6-18(7-5-16)21(22,23)24/h4-7,17H,2-3,8-15H2,1H3. The number of Topliss-reactive ketones (excluding diaryl/α,β-unsaturated/α-hetero) is 1. The van der Waals surface area contributed by atoms with Crippen LogP contribution in [0.1, 0.15) is 35.2 Å². The van der Waals surface area contributed by atoms with E-state index in [0.717, 1.165) is 51.3 Å². The number of likely N-dealkylation sites (tertiary alicyclic amines) is 1. The Morgan fingerprint density at radius 1 is 1.03 bits per heavy atom. The maximum atomic E-state index is 12.7. The second kappa shape index (κ2) is 9.26. The van der Waals surface area contributed by atoms with Crippen LogP contribution >= 0.6 is 0 Å². The molecule has 0 saturated carbocycles. The number of rotatable bonds is 5. The van der Waals surface area contributed by atoms with E-state index < -0.39 is 11.7 Å². The van der Waals surface area contributed by atoms with Gasteiger partial charge in [0.2, 0.25) is 5.91 Å². The van der Waals surface area contributed by atoms with Crippen molar-refractivity contribution in [3.63, 3.8) is 0 Å². The van der Waals surface area contributed by atoms with Gasteiger partial charge >= 0.3 is 6.18 Å². The van der Waals surface area contributed by atoms with Crippen molar-refractivity contribution in [3.05, 3.63) is 35.4 Å². The van der Waals surface area contributed by atoms with Crippen LogP contribution < -0.4 is 0 Å². The maximum absolute atomic E-state index is 12.7. The lowest BCUT2D eigenvalue weighted by Gasteiger charge is -2.34. The zero-order valence-corrected chi connectivity index (χ0v) is 16.7. The molecule has 2 fully saturated rings. The maximum Gasteiger partial charge on any atom is 0.416 e. The van der Waals surface area contributed by atoms with E-state index in [1.807, 2.05) is 0 Å². The molecule has 1 unspecified atom stereocenters. The van der Waals surface area contributed by atoms with E-state index in [9.17, 15) is 22.8 Å². The normalized spacial score (nSPS) is 21.9. The van der Waals surface area contributed by atoms with Crippen molar-refractivity contribution in [1.82, 2.24) is 14.7 Å². The Kier molecular flexibility index (Phi) is 6.95. The van der Waals surface area contributed by atoms with Gasteiger partial charge in [0.25, 0.3) is 0 Å². The quantitative estimate of drug-likeness (QED) is 0.699. The third-order valence-electron chi connectivity index (χ3n) is 5.88. The Labute approximate surface area is 169 Å². The van der Waals surface area contributed by atoms with Crippen LogP contribution in [0.3, 0.4) is 0 Å². The Hall–Kier alpha value is -1.93. The number of alkyl halides is 3. The summed E-state index contributed by atoms with van der Waals surface area (Å²) in [7, 11) is 2.09. The number of piperazine rings is 1. The Bertz CT molecular complexity index is 713. The summed E-state index contributed by atoms with van der Waals surface area (Å²) in [6.07, 6.45) is -2.59. The van der Waals surface area contributed by atoms with Gasteiger partial charge < -0.3 is 14.7 Å². The van der Waals surface area contributed by atoms with Crippen LogP contribution in [0.15, 0.2) is 24.3 Å². The number of nitrogens with zero attached hydrogens (tertiary/aromatic N) is 3. The SMILES string of the molecule is CN1CCN(CCC(=O)N2CCCC(C(=O)c3ccc(C(F)(F)F)cc3)C2)CC1. The molecule has 0 radical (unpaired) electrons. The number of benzene rings is 1. The highest BCUT2D eigenvalue weighted by atomic mass is 19.4. The van der Waals surface area contributed by atoms with Crippen LogP contribution in [0.5, 0.6) is 0 Å². The van der Waals surface area contributed by atoms with Crippen LogP contribution in [0, 0.1) is 5.92 Å². The van der Waals surface area contributed by atoms with E-state index in [-0.39, 0.29) is 23.2 Å². The summed E-state index contributed by atoms with van der Waals surface area (Å²) in [5.74, 6) is -0.489. The molecule has 1 amide bonds. The second-order valence-corrected chi connectivity index (χ2v) is 8.01. The van der Waals surface area contributed by atoms with Gasteiger partial charge in [-0.3, -0.25) is 9.59 Å². The van der Waals surface area contributed by atoms with Crippen LogP contribution in [0.25, 0.3) is 0 Å². The van der Waals surface area contributed by atoms with Gasteiger partial charge in [0.15, 0.2) is 5.78 Å². The Balaban J connectivity index is 1.52. The number of hydrogen-bond donors (Lipinski definition) is 0. The number of amides is 1. The number of hydrogen-bond acceptors (Lipinski definition) is 4. The van der Waals surface area contributed by atoms with E-state index in [4.69, 9.17) is 0 Å².